The maximum Gasteiger partial charge on any atom is 0.365 e. The number of hydrogen-bond acceptors (Lipinski definition) is 5. The van der Waals surface area contributed by atoms with Crippen LogP contribution in [-0.2, 0) is 9.63 Å². The highest BCUT2D eigenvalue weighted by Crippen LogP contribution is 2.27. The molecule has 1 aromatic rings. The standard InChI is InChI=1S/C26H29NO3S.C2H6/c1-6-11-14-20(9-4)26(29)30-27-24(15-12-7-2)25(28)21-16-18-23(19-17-21)31-22(10-5)13-8-3;1-2/h6,8-11,13-14,16-19H,1,3,5,7,12,15H2,2,4H3;1-2H3/b14-11-,20-9+,22-13+,27-24-;. The average molecular weight is 466 g/mol. The highest BCUT2D eigenvalue weighted by Gasteiger charge is 2.16. The first kappa shape index (κ1) is 29.8. The third kappa shape index (κ3) is 11.3. The van der Waals surface area contributed by atoms with Gasteiger partial charge in [-0.25, -0.2) is 4.79 Å². The van der Waals surface area contributed by atoms with Gasteiger partial charge in [-0.15, -0.1) is 0 Å². The molecule has 0 saturated carbocycles. The second-order valence-corrected chi connectivity index (χ2v) is 7.47. The Labute approximate surface area is 203 Å². The molecule has 0 atom stereocenters. The summed E-state index contributed by atoms with van der Waals surface area (Å²) in [7, 11) is 0. The summed E-state index contributed by atoms with van der Waals surface area (Å²) in [6.45, 7) is 18.8. The molecule has 176 valence electrons. The summed E-state index contributed by atoms with van der Waals surface area (Å²) in [5.41, 5.74) is 1.04. The van der Waals surface area contributed by atoms with Crippen molar-refractivity contribution in [2.24, 2.45) is 5.16 Å². The predicted octanol–water partition coefficient (Wildman–Crippen LogP) is 8.02. The lowest BCUT2D eigenvalue weighted by molar-refractivity contribution is -0.138. The van der Waals surface area contributed by atoms with E-state index in [0.29, 0.717) is 17.6 Å². The molecule has 0 aliphatic heterocycles. The second kappa shape index (κ2) is 18.4. The van der Waals surface area contributed by atoms with Crippen molar-refractivity contribution < 1.29 is 14.4 Å². The molecule has 0 aromatic heterocycles. The largest absolute Gasteiger partial charge is 0.365 e. The summed E-state index contributed by atoms with van der Waals surface area (Å²) in [5, 5.41) is 3.90. The molecule has 33 heavy (non-hydrogen) atoms. The Bertz CT molecular complexity index is 919. The Morgan fingerprint density at radius 3 is 2.27 bits per heavy atom. The van der Waals surface area contributed by atoms with Gasteiger partial charge in [-0.05, 0) is 56.2 Å². The summed E-state index contributed by atoms with van der Waals surface area (Å²) in [5.74, 6) is -0.882. The molecule has 0 bridgehead atoms. The highest BCUT2D eigenvalue weighted by atomic mass is 32.2. The number of ketones is 1. The van der Waals surface area contributed by atoms with E-state index in [1.807, 2.05) is 39.0 Å². The number of thioether (sulfide) groups is 1. The van der Waals surface area contributed by atoms with Gasteiger partial charge in [0, 0.05) is 15.4 Å². The zero-order valence-electron chi connectivity index (χ0n) is 20.2. The average Bonchev–Trinajstić information content (AvgIpc) is 2.85. The quantitative estimate of drug-likeness (QED) is 0.0563. The van der Waals surface area contributed by atoms with Crippen molar-refractivity contribution in [1.82, 2.24) is 0 Å². The molecule has 0 amide bonds. The van der Waals surface area contributed by atoms with Gasteiger partial charge in [0.1, 0.15) is 5.71 Å². The number of benzene rings is 1. The van der Waals surface area contributed by atoms with Crippen LogP contribution < -0.4 is 0 Å². The van der Waals surface area contributed by atoms with Crippen LogP contribution in [0.2, 0.25) is 0 Å². The van der Waals surface area contributed by atoms with Gasteiger partial charge in [0.2, 0.25) is 5.78 Å². The molecule has 0 radical (unpaired) electrons. The van der Waals surface area contributed by atoms with Gasteiger partial charge in [-0.1, -0.05) is 94.2 Å². The van der Waals surface area contributed by atoms with Gasteiger partial charge in [-0.2, -0.15) is 0 Å². The fraction of sp³-hybridized carbons (Fsp3) is 0.250. The van der Waals surface area contributed by atoms with Crippen LogP contribution in [0.5, 0.6) is 0 Å². The van der Waals surface area contributed by atoms with Crippen molar-refractivity contribution >= 4 is 29.2 Å². The van der Waals surface area contributed by atoms with E-state index < -0.39 is 5.97 Å². The van der Waals surface area contributed by atoms with E-state index in [2.05, 4.69) is 24.9 Å². The number of nitrogens with zero attached hydrogens (tertiary/aromatic N) is 1. The maximum absolute atomic E-state index is 13.0. The van der Waals surface area contributed by atoms with Gasteiger partial charge in [0.25, 0.3) is 0 Å². The molecule has 0 fully saturated rings. The van der Waals surface area contributed by atoms with Gasteiger partial charge >= 0.3 is 5.97 Å². The van der Waals surface area contributed by atoms with Crippen molar-refractivity contribution in [1.29, 1.82) is 0 Å². The fourth-order valence-corrected chi connectivity index (χ4v) is 3.18. The molecule has 0 heterocycles. The van der Waals surface area contributed by atoms with E-state index in [9.17, 15) is 9.59 Å². The number of hydrogen-bond donors (Lipinski definition) is 0. The lowest BCUT2D eigenvalue weighted by Gasteiger charge is -2.07. The fourth-order valence-electron chi connectivity index (χ4n) is 2.38. The molecule has 0 aliphatic rings. The molecule has 1 aromatic carbocycles. The number of carbonyl (C=O) groups excluding carboxylic acids is 2. The first-order valence-electron chi connectivity index (χ1n) is 11.0. The van der Waals surface area contributed by atoms with E-state index in [-0.39, 0.29) is 11.5 Å². The first-order chi connectivity index (χ1) is 16.0. The number of carbonyl (C=O) groups is 2. The molecular formula is C28H35NO3S. The Kier molecular flexibility index (Phi) is 16.6. The van der Waals surface area contributed by atoms with Crippen LogP contribution in [-0.4, -0.2) is 17.5 Å². The van der Waals surface area contributed by atoms with Crippen LogP contribution in [0.4, 0.5) is 0 Å². The zero-order valence-corrected chi connectivity index (χ0v) is 21.0. The Hall–Kier alpha value is -3.18. The maximum atomic E-state index is 13.0. The summed E-state index contributed by atoms with van der Waals surface area (Å²) >= 11 is 1.52. The number of Topliss-reactive ketones (excluding diaryl/α,β-unsaturated/α-hetero) is 1. The topological polar surface area (TPSA) is 55.7 Å². The summed E-state index contributed by atoms with van der Waals surface area (Å²) in [4.78, 5) is 32.2. The highest BCUT2D eigenvalue weighted by molar-refractivity contribution is 8.03. The number of rotatable bonds is 13. The van der Waals surface area contributed by atoms with Crippen LogP contribution in [0.25, 0.3) is 0 Å². The third-order valence-corrected chi connectivity index (χ3v) is 5.11. The van der Waals surface area contributed by atoms with Gasteiger partial charge in [0.15, 0.2) is 0 Å². The summed E-state index contributed by atoms with van der Waals surface area (Å²) in [6, 6.07) is 7.21. The molecule has 1 rings (SSSR count). The zero-order chi connectivity index (χ0) is 25.1. The van der Waals surface area contributed by atoms with Crippen molar-refractivity contribution in [3.8, 4) is 0 Å². The molecule has 5 heteroatoms. The van der Waals surface area contributed by atoms with Gasteiger partial charge in [0.05, 0.1) is 5.57 Å². The molecule has 4 nitrogen and oxygen atoms in total. The minimum absolute atomic E-state index is 0.220. The molecule has 0 unspecified atom stereocenters. The van der Waals surface area contributed by atoms with E-state index >= 15 is 0 Å². The van der Waals surface area contributed by atoms with Crippen LogP contribution in [0.1, 0.15) is 57.3 Å². The monoisotopic (exact) mass is 465 g/mol. The van der Waals surface area contributed by atoms with Crippen LogP contribution in [0, 0.1) is 0 Å². The third-order valence-electron chi connectivity index (χ3n) is 4.06. The summed E-state index contributed by atoms with van der Waals surface area (Å²) in [6.07, 6.45) is 13.8. The van der Waals surface area contributed by atoms with E-state index in [4.69, 9.17) is 4.84 Å². The smallest absolute Gasteiger partial charge is 0.312 e. The number of allylic oxidation sites excluding steroid dienone is 6. The second-order valence-electron chi connectivity index (χ2n) is 6.32. The van der Waals surface area contributed by atoms with Gasteiger partial charge in [-0.3, -0.25) is 4.79 Å². The lowest BCUT2D eigenvalue weighted by Crippen LogP contribution is -2.16. The number of oxime groups is 1. The molecule has 0 spiro atoms. The Morgan fingerprint density at radius 1 is 1.09 bits per heavy atom. The van der Waals surface area contributed by atoms with Crippen LogP contribution in [0.3, 0.4) is 0 Å². The minimum Gasteiger partial charge on any atom is -0.312 e. The molecule has 0 N–H and O–H groups in total. The first-order valence-corrected chi connectivity index (χ1v) is 11.8. The van der Waals surface area contributed by atoms with Crippen molar-refractivity contribution in [2.45, 2.75) is 51.9 Å². The van der Waals surface area contributed by atoms with E-state index in [1.165, 1.54) is 11.8 Å². The lowest BCUT2D eigenvalue weighted by atomic mass is 10.0. The van der Waals surface area contributed by atoms with Gasteiger partial charge < -0.3 is 4.84 Å². The molecular weight excluding hydrogens is 430 g/mol. The van der Waals surface area contributed by atoms with Crippen molar-refractivity contribution in [2.75, 3.05) is 0 Å². The molecule has 0 saturated heterocycles. The normalized spacial score (nSPS) is 11.9. The number of unbranched alkanes of at least 4 members (excludes halogenated alkanes) is 1. The van der Waals surface area contributed by atoms with E-state index in [1.54, 1.807) is 55.5 Å². The Balaban J connectivity index is 0.00000497. The molecule has 0 aliphatic carbocycles. The Morgan fingerprint density at radius 2 is 1.76 bits per heavy atom. The van der Waals surface area contributed by atoms with Crippen molar-refractivity contribution in [3.63, 3.8) is 0 Å². The van der Waals surface area contributed by atoms with Crippen LogP contribution >= 0.6 is 11.8 Å². The van der Waals surface area contributed by atoms with Crippen LogP contribution in [0.15, 0.2) is 107 Å². The van der Waals surface area contributed by atoms with Crippen molar-refractivity contribution in [3.05, 3.63) is 103 Å². The summed E-state index contributed by atoms with van der Waals surface area (Å²) < 4.78 is 0. The predicted molar refractivity (Wildman–Crippen MR) is 143 cm³/mol. The van der Waals surface area contributed by atoms with E-state index in [0.717, 1.165) is 22.6 Å². The SMILES string of the molecule is C=C/C=C\C(=C/C)C(=O)O/N=C(/CCCC)C(=O)c1ccc(S/C(C=C)=C/C=C)cc1.CC. The minimum atomic E-state index is -0.625.